The summed E-state index contributed by atoms with van der Waals surface area (Å²) in [6, 6.07) is 13.9. The SMILES string of the molecule is C[C@H]1CCc2nc3ccccc3c(C(=O)Nc3ccccc3F)c2C1. The lowest BCUT2D eigenvalue weighted by Crippen LogP contribution is -2.22. The molecule has 0 spiro atoms. The number of amides is 1. The number of nitrogens with one attached hydrogen (secondary N) is 1. The molecule has 3 aromatic rings. The summed E-state index contributed by atoms with van der Waals surface area (Å²) in [6.07, 6.45) is 2.78. The third-order valence-corrected chi connectivity index (χ3v) is 4.85. The van der Waals surface area contributed by atoms with Gasteiger partial charge < -0.3 is 5.32 Å². The van der Waals surface area contributed by atoms with Crippen molar-refractivity contribution in [3.8, 4) is 0 Å². The molecule has 0 bridgehead atoms. The first-order chi connectivity index (χ1) is 12.1. The van der Waals surface area contributed by atoms with Gasteiger partial charge in [0.2, 0.25) is 0 Å². The van der Waals surface area contributed by atoms with E-state index in [9.17, 15) is 9.18 Å². The van der Waals surface area contributed by atoms with Crippen molar-refractivity contribution in [3.05, 3.63) is 71.2 Å². The quantitative estimate of drug-likeness (QED) is 0.735. The van der Waals surface area contributed by atoms with E-state index in [1.165, 1.54) is 6.07 Å². The number of carbonyl (C=O) groups is 1. The van der Waals surface area contributed by atoms with Gasteiger partial charge in [-0.2, -0.15) is 0 Å². The molecule has 0 unspecified atom stereocenters. The van der Waals surface area contributed by atoms with Crippen molar-refractivity contribution in [3.63, 3.8) is 0 Å². The molecule has 1 amide bonds. The number of benzene rings is 2. The van der Waals surface area contributed by atoms with E-state index >= 15 is 0 Å². The Morgan fingerprint density at radius 3 is 2.76 bits per heavy atom. The molecule has 1 N–H and O–H groups in total. The van der Waals surface area contributed by atoms with Crippen LogP contribution in [0.3, 0.4) is 0 Å². The maximum absolute atomic E-state index is 14.0. The van der Waals surface area contributed by atoms with Crippen molar-refractivity contribution in [2.45, 2.75) is 26.2 Å². The van der Waals surface area contributed by atoms with Crippen molar-refractivity contribution in [1.82, 2.24) is 4.98 Å². The van der Waals surface area contributed by atoms with Gasteiger partial charge in [-0.1, -0.05) is 37.3 Å². The van der Waals surface area contributed by atoms with Crippen LogP contribution in [0.25, 0.3) is 10.9 Å². The van der Waals surface area contributed by atoms with E-state index in [-0.39, 0.29) is 11.6 Å². The summed E-state index contributed by atoms with van der Waals surface area (Å²) in [5.41, 5.74) is 3.65. The van der Waals surface area contributed by atoms with Gasteiger partial charge in [-0.25, -0.2) is 4.39 Å². The monoisotopic (exact) mass is 334 g/mol. The molecule has 1 heterocycles. The van der Waals surface area contributed by atoms with Gasteiger partial charge in [0.15, 0.2) is 0 Å². The number of pyridine rings is 1. The number of hydrogen-bond acceptors (Lipinski definition) is 2. The average molecular weight is 334 g/mol. The number of hydrogen-bond donors (Lipinski definition) is 1. The smallest absolute Gasteiger partial charge is 0.256 e. The number of halogens is 1. The second-order valence-corrected chi connectivity index (χ2v) is 6.71. The Labute approximate surface area is 145 Å². The number of nitrogens with zero attached hydrogens (tertiary/aromatic N) is 1. The van der Waals surface area contributed by atoms with Crippen molar-refractivity contribution >= 4 is 22.5 Å². The number of anilines is 1. The molecule has 0 saturated heterocycles. The third kappa shape index (κ3) is 2.88. The first-order valence-electron chi connectivity index (χ1n) is 8.60. The second kappa shape index (κ2) is 6.28. The second-order valence-electron chi connectivity index (χ2n) is 6.71. The zero-order chi connectivity index (χ0) is 17.4. The lowest BCUT2D eigenvalue weighted by Gasteiger charge is -2.24. The molecule has 126 valence electrons. The summed E-state index contributed by atoms with van der Waals surface area (Å²) in [5.74, 6) is -0.194. The van der Waals surface area contributed by atoms with E-state index in [1.807, 2.05) is 24.3 Å². The fraction of sp³-hybridized carbons (Fsp3) is 0.238. The Bertz CT molecular complexity index is 967. The highest BCUT2D eigenvalue weighted by molar-refractivity contribution is 6.13. The van der Waals surface area contributed by atoms with Gasteiger partial charge in [-0.3, -0.25) is 9.78 Å². The van der Waals surface area contributed by atoms with Crippen molar-refractivity contribution < 1.29 is 9.18 Å². The lowest BCUT2D eigenvalue weighted by atomic mass is 9.84. The van der Waals surface area contributed by atoms with Crippen molar-refractivity contribution in [2.24, 2.45) is 5.92 Å². The molecule has 3 nitrogen and oxygen atoms in total. The summed E-state index contributed by atoms with van der Waals surface area (Å²) in [7, 11) is 0. The van der Waals surface area contributed by atoms with E-state index in [1.54, 1.807) is 18.2 Å². The van der Waals surface area contributed by atoms with Crippen LogP contribution >= 0.6 is 0 Å². The largest absolute Gasteiger partial charge is 0.319 e. The van der Waals surface area contributed by atoms with Crippen molar-refractivity contribution in [2.75, 3.05) is 5.32 Å². The van der Waals surface area contributed by atoms with Crippen LogP contribution in [0.4, 0.5) is 10.1 Å². The fourth-order valence-electron chi connectivity index (χ4n) is 3.57. The number of aromatic nitrogens is 1. The molecule has 1 aliphatic rings. The fourth-order valence-corrected chi connectivity index (χ4v) is 3.57. The predicted octanol–water partition coefficient (Wildman–Crippen LogP) is 4.75. The minimum atomic E-state index is -0.434. The number of rotatable bonds is 2. The van der Waals surface area contributed by atoms with Crippen LogP contribution in [0, 0.1) is 11.7 Å². The Morgan fingerprint density at radius 1 is 1.16 bits per heavy atom. The molecule has 1 atom stereocenters. The highest BCUT2D eigenvalue weighted by Crippen LogP contribution is 2.32. The zero-order valence-corrected chi connectivity index (χ0v) is 14.1. The zero-order valence-electron chi connectivity index (χ0n) is 14.1. The molecule has 0 radical (unpaired) electrons. The summed E-state index contributed by atoms with van der Waals surface area (Å²) < 4.78 is 14.0. The van der Waals surface area contributed by atoms with Crippen LogP contribution in [-0.2, 0) is 12.8 Å². The highest BCUT2D eigenvalue weighted by Gasteiger charge is 2.25. The molecule has 4 rings (SSSR count). The number of aryl methyl sites for hydroxylation is 1. The van der Waals surface area contributed by atoms with Gasteiger partial charge in [0.1, 0.15) is 5.82 Å². The van der Waals surface area contributed by atoms with E-state index in [4.69, 9.17) is 4.98 Å². The van der Waals surface area contributed by atoms with Crippen LogP contribution in [0.5, 0.6) is 0 Å². The number of fused-ring (bicyclic) bond motifs is 2. The van der Waals surface area contributed by atoms with E-state index in [0.29, 0.717) is 11.5 Å². The molecule has 25 heavy (non-hydrogen) atoms. The molecular formula is C21H19FN2O. The van der Waals surface area contributed by atoms with Crippen LogP contribution in [0.15, 0.2) is 48.5 Å². The summed E-state index contributed by atoms with van der Waals surface area (Å²) in [4.78, 5) is 17.8. The van der Waals surface area contributed by atoms with E-state index < -0.39 is 5.82 Å². The molecule has 2 aromatic carbocycles. The maximum atomic E-state index is 14.0. The van der Waals surface area contributed by atoms with Crippen LogP contribution in [0.1, 0.15) is 35.0 Å². The summed E-state index contributed by atoms with van der Waals surface area (Å²) in [6.45, 7) is 2.19. The molecule has 0 aliphatic heterocycles. The van der Waals surface area contributed by atoms with Crippen LogP contribution in [-0.4, -0.2) is 10.9 Å². The average Bonchev–Trinajstić information content (AvgIpc) is 2.61. The van der Waals surface area contributed by atoms with E-state index in [0.717, 1.165) is 41.4 Å². The van der Waals surface area contributed by atoms with Crippen LogP contribution < -0.4 is 5.32 Å². The van der Waals surface area contributed by atoms with Crippen molar-refractivity contribution in [1.29, 1.82) is 0 Å². The van der Waals surface area contributed by atoms with Gasteiger partial charge in [0.05, 0.1) is 16.8 Å². The minimum absolute atomic E-state index is 0.200. The standard InChI is InChI=1S/C21H19FN2O/c1-13-10-11-18-15(12-13)20(14-6-2-4-8-17(14)23-18)21(25)24-19-9-5-3-7-16(19)22/h2-9,13H,10-12H2,1H3,(H,24,25)/t13-/m0/s1. The Morgan fingerprint density at radius 2 is 1.92 bits per heavy atom. The van der Waals surface area contributed by atoms with Gasteiger partial charge in [0, 0.05) is 11.1 Å². The number of carbonyl (C=O) groups excluding carboxylic acids is 1. The molecule has 1 aromatic heterocycles. The third-order valence-electron chi connectivity index (χ3n) is 4.85. The summed E-state index contributed by atoms with van der Waals surface area (Å²) >= 11 is 0. The van der Waals surface area contributed by atoms with Gasteiger partial charge >= 0.3 is 0 Å². The topological polar surface area (TPSA) is 42.0 Å². The molecule has 0 saturated carbocycles. The number of para-hydroxylation sites is 2. The Kier molecular flexibility index (Phi) is 3.96. The first-order valence-corrected chi connectivity index (χ1v) is 8.60. The highest BCUT2D eigenvalue weighted by atomic mass is 19.1. The van der Waals surface area contributed by atoms with E-state index in [2.05, 4.69) is 12.2 Å². The molecular weight excluding hydrogens is 315 g/mol. The maximum Gasteiger partial charge on any atom is 0.256 e. The predicted molar refractivity (Wildman–Crippen MR) is 97.3 cm³/mol. The normalized spacial score (nSPS) is 16.5. The van der Waals surface area contributed by atoms with Gasteiger partial charge in [-0.05, 0) is 48.9 Å². The summed E-state index contributed by atoms with van der Waals surface area (Å²) in [5, 5.41) is 3.57. The Balaban J connectivity index is 1.86. The van der Waals surface area contributed by atoms with Crippen LogP contribution in [0.2, 0.25) is 0 Å². The van der Waals surface area contributed by atoms with Gasteiger partial charge in [0.25, 0.3) is 5.91 Å². The lowest BCUT2D eigenvalue weighted by molar-refractivity contribution is 0.102. The molecule has 0 fully saturated rings. The minimum Gasteiger partial charge on any atom is -0.319 e. The first kappa shape index (κ1) is 15.8. The molecule has 1 aliphatic carbocycles. The Hall–Kier alpha value is -2.75. The molecule has 4 heteroatoms. The van der Waals surface area contributed by atoms with Gasteiger partial charge in [-0.15, -0.1) is 0 Å².